The van der Waals surface area contributed by atoms with Crippen LogP contribution in [0.2, 0.25) is 0 Å². The van der Waals surface area contributed by atoms with Crippen LogP contribution in [0, 0.1) is 0 Å². The summed E-state index contributed by atoms with van der Waals surface area (Å²) in [5.41, 5.74) is 8.19. The minimum Gasteiger partial charge on any atom is -0.455 e. The minimum atomic E-state index is 0.857. The zero-order valence-corrected chi connectivity index (χ0v) is 20.5. The molecule has 0 aliphatic heterocycles. The van der Waals surface area contributed by atoms with Crippen molar-refractivity contribution >= 4 is 43.7 Å². The molecule has 8 rings (SSSR count). The van der Waals surface area contributed by atoms with Crippen molar-refractivity contribution in [3.05, 3.63) is 133 Å². The molecule has 0 radical (unpaired) electrons. The predicted octanol–water partition coefficient (Wildman–Crippen LogP) is 9.41. The second-order valence-corrected chi connectivity index (χ2v) is 9.65. The quantitative estimate of drug-likeness (QED) is 0.249. The molecule has 0 saturated carbocycles. The highest BCUT2D eigenvalue weighted by Gasteiger charge is 2.20. The van der Waals surface area contributed by atoms with E-state index in [1.807, 2.05) is 18.2 Å². The van der Waals surface area contributed by atoms with Gasteiger partial charge in [-0.05, 0) is 58.3 Å². The normalized spacial score (nSPS) is 11.7. The van der Waals surface area contributed by atoms with E-state index in [0.717, 1.165) is 50.0 Å². The fourth-order valence-electron chi connectivity index (χ4n) is 5.56. The molecule has 0 saturated heterocycles. The molecular formula is C35H22N2O. The van der Waals surface area contributed by atoms with E-state index in [1.165, 1.54) is 21.9 Å². The number of para-hydroxylation sites is 2. The number of hydrogen-bond acceptors (Lipinski definition) is 2. The lowest BCUT2D eigenvalue weighted by Gasteiger charge is -2.11. The Balaban J connectivity index is 1.42. The van der Waals surface area contributed by atoms with Crippen molar-refractivity contribution in [3.8, 4) is 28.2 Å². The maximum atomic E-state index is 6.43. The molecule has 0 aliphatic rings. The van der Waals surface area contributed by atoms with E-state index in [9.17, 15) is 0 Å². The average Bonchev–Trinajstić information content (AvgIpc) is 3.54. The van der Waals surface area contributed by atoms with E-state index < -0.39 is 0 Å². The van der Waals surface area contributed by atoms with Crippen LogP contribution in [0.5, 0.6) is 0 Å². The van der Waals surface area contributed by atoms with Crippen molar-refractivity contribution in [2.45, 2.75) is 0 Å². The van der Waals surface area contributed by atoms with Gasteiger partial charge in [-0.3, -0.25) is 4.57 Å². The van der Waals surface area contributed by atoms with Crippen LogP contribution >= 0.6 is 0 Å². The number of hydrogen-bond donors (Lipinski definition) is 0. The van der Waals surface area contributed by atoms with Gasteiger partial charge in [0.1, 0.15) is 17.0 Å². The number of fused-ring (bicyclic) bond motifs is 5. The molecule has 2 aromatic heterocycles. The van der Waals surface area contributed by atoms with Crippen molar-refractivity contribution in [1.29, 1.82) is 0 Å². The van der Waals surface area contributed by atoms with Crippen LogP contribution < -0.4 is 0 Å². The van der Waals surface area contributed by atoms with Gasteiger partial charge in [-0.15, -0.1) is 0 Å². The Kier molecular flexibility index (Phi) is 4.52. The van der Waals surface area contributed by atoms with E-state index in [1.54, 1.807) is 0 Å². The van der Waals surface area contributed by atoms with Gasteiger partial charge >= 0.3 is 0 Å². The first-order valence-electron chi connectivity index (χ1n) is 12.8. The second kappa shape index (κ2) is 8.19. The highest BCUT2D eigenvalue weighted by atomic mass is 16.3. The summed E-state index contributed by atoms with van der Waals surface area (Å²) in [4.78, 5) is 5.21. The van der Waals surface area contributed by atoms with Crippen molar-refractivity contribution < 1.29 is 4.42 Å². The zero-order valence-electron chi connectivity index (χ0n) is 20.5. The summed E-state index contributed by atoms with van der Waals surface area (Å²) in [6, 6.07) is 46.6. The fraction of sp³-hybridized carbons (Fsp3) is 0. The van der Waals surface area contributed by atoms with Crippen molar-refractivity contribution in [2.24, 2.45) is 0 Å². The number of nitrogens with zero attached hydrogens (tertiary/aromatic N) is 2. The molecule has 0 aliphatic carbocycles. The number of aromatic nitrogens is 2. The lowest BCUT2D eigenvalue weighted by molar-refractivity contribution is 0.669. The summed E-state index contributed by atoms with van der Waals surface area (Å²) in [5, 5.41) is 4.58. The van der Waals surface area contributed by atoms with Gasteiger partial charge in [0.05, 0.1) is 16.6 Å². The maximum Gasteiger partial charge on any atom is 0.149 e. The van der Waals surface area contributed by atoms with Gasteiger partial charge in [0.25, 0.3) is 0 Å². The highest BCUT2D eigenvalue weighted by molar-refractivity contribution is 6.09. The first-order valence-corrected chi connectivity index (χ1v) is 12.8. The summed E-state index contributed by atoms with van der Waals surface area (Å²) >= 11 is 0. The van der Waals surface area contributed by atoms with Crippen LogP contribution in [-0.4, -0.2) is 9.55 Å². The van der Waals surface area contributed by atoms with Crippen LogP contribution in [0.3, 0.4) is 0 Å². The molecule has 3 heteroatoms. The number of rotatable bonds is 3. The third-order valence-corrected chi connectivity index (χ3v) is 7.40. The van der Waals surface area contributed by atoms with Crippen molar-refractivity contribution in [1.82, 2.24) is 9.55 Å². The molecule has 0 N–H and O–H groups in total. The molecule has 0 fully saturated rings. The Hall–Kier alpha value is -5.15. The van der Waals surface area contributed by atoms with E-state index >= 15 is 0 Å². The minimum absolute atomic E-state index is 0.857. The van der Waals surface area contributed by atoms with Crippen LogP contribution in [0.1, 0.15) is 0 Å². The standard InChI is InChI=1S/C35H22N2O/c1-2-9-23(10-3-1)24-17-19-27(20-18-24)37-32-22-26-12-5-4-11-25(26)21-31(32)36-35(37)30-15-8-14-29-28-13-6-7-16-33(28)38-34(29)30/h1-22H. The first kappa shape index (κ1) is 21.0. The van der Waals surface area contributed by atoms with Crippen LogP contribution in [0.25, 0.3) is 71.9 Å². The Labute approximate surface area is 219 Å². The van der Waals surface area contributed by atoms with Gasteiger partial charge in [0.15, 0.2) is 0 Å². The summed E-state index contributed by atoms with van der Waals surface area (Å²) in [5.74, 6) is 0.868. The third-order valence-electron chi connectivity index (χ3n) is 7.40. The predicted molar refractivity (Wildman–Crippen MR) is 157 cm³/mol. The largest absolute Gasteiger partial charge is 0.455 e. The van der Waals surface area contributed by atoms with E-state index in [2.05, 4.69) is 120 Å². The molecule has 38 heavy (non-hydrogen) atoms. The van der Waals surface area contributed by atoms with Crippen molar-refractivity contribution in [3.63, 3.8) is 0 Å². The van der Waals surface area contributed by atoms with Gasteiger partial charge in [-0.1, -0.05) is 97.1 Å². The van der Waals surface area contributed by atoms with Gasteiger partial charge < -0.3 is 4.42 Å². The zero-order chi connectivity index (χ0) is 25.1. The highest BCUT2D eigenvalue weighted by Crippen LogP contribution is 2.38. The number of furan rings is 1. The smallest absolute Gasteiger partial charge is 0.149 e. The molecule has 0 unspecified atom stereocenters. The molecule has 0 bridgehead atoms. The van der Waals surface area contributed by atoms with E-state index in [-0.39, 0.29) is 0 Å². The Bertz CT molecular complexity index is 2120. The van der Waals surface area contributed by atoms with Crippen LogP contribution in [-0.2, 0) is 0 Å². The fourth-order valence-corrected chi connectivity index (χ4v) is 5.56. The molecule has 0 atom stereocenters. The monoisotopic (exact) mass is 486 g/mol. The lowest BCUT2D eigenvalue weighted by Crippen LogP contribution is -1.98. The Morgan fingerprint density at radius 3 is 2.08 bits per heavy atom. The van der Waals surface area contributed by atoms with Crippen LogP contribution in [0.15, 0.2) is 138 Å². The molecule has 178 valence electrons. The maximum absolute atomic E-state index is 6.43. The van der Waals surface area contributed by atoms with Gasteiger partial charge in [0, 0.05) is 16.5 Å². The first-order chi connectivity index (χ1) is 18.8. The molecule has 8 aromatic rings. The molecule has 0 amide bonds. The number of imidazole rings is 1. The third kappa shape index (κ3) is 3.19. The van der Waals surface area contributed by atoms with Gasteiger partial charge in [0.2, 0.25) is 0 Å². The molecule has 3 nitrogen and oxygen atoms in total. The van der Waals surface area contributed by atoms with E-state index in [0.29, 0.717) is 0 Å². The number of benzene rings is 6. The molecular weight excluding hydrogens is 464 g/mol. The van der Waals surface area contributed by atoms with Gasteiger partial charge in [-0.25, -0.2) is 4.98 Å². The summed E-state index contributed by atoms with van der Waals surface area (Å²) < 4.78 is 8.69. The van der Waals surface area contributed by atoms with E-state index in [4.69, 9.17) is 9.40 Å². The SMILES string of the molecule is c1ccc(-c2ccc(-n3c(-c4cccc5c4oc4ccccc45)nc4cc5ccccc5cc43)cc2)cc1. The van der Waals surface area contributed by atoms with Gasteiger partial charge in [-0.2, -0.15) is 0 Å². The summed E-state index contributed by atoms with van der Waals surface area (Å²) in [7, 11) is 0. The lowest BCUT2D eigenvalue weighted by atomic mass is 10.1. The molecule has 2 heterocycles. The average molecular weight is 487 g/mol. The Morgan fingerprint density at radius 1 is 0.553 bits per heavy atom. The second-order valence-electron chi connectivity index (χ2n) is 9.65. The summed E-state index contributed by atoms with van der Waals surface area (Å²) in [6.45, 7) is 0. The Morgan fingerprint density at radius 2 is 1.24 bits per heavy atom. The summed E-state index contributed by atoms with van der Waals surface area (Å²) in [6.07, 6.45) is 0. The van der Waals surface area contributed by atoms with Crippen LogP contribution in [0.4, 0.5) is 0 Å². The van der Waals surface area contributed by atoms with Crippen molar-refractivity contribution in [2.75, 3.05) is 0 Å². The topological polar surface area (TPSA) is 31.0 Å². The molecule has 0 spiro atoms. The molecule has 6 aromatic carbocycles.